The first-order chi connectivity index (χ1) is 13.5. The van der Waals surface area contributed by atoms with Crippen molar-refractivity contribution in [3.8, 4) is 0 Å². The minimum Gasteiger partial charge on any atom is -0.324 e. The van der Waals surface area contributed by atoms with Crippen LogP contribution < -0.4 is 5.32 Å². The van der Waals surface area contributed by atoms with Crippen molar-refractivity contribution in [3.05, 3.63) is 58.1 Å². The standard InChI is InChI=1S/C23H27N3OS/c1-15-12-16(2)22(17(3)13-15)25-21(27)14-26-11-7-6-9-19(26)23-24-18-8-4-5-10-20(18)28-23/h4-5,8,10,12-13,19H,6-7,9,11,14H2,1-3H3,(H,25,27)/t19-/m0/s1. The highest BCUT2D eigenvalue weighted by atomic mass is 32.1. The van der Waals surface area contributed by atoms with Gasteiger partial charge in [0.1, 0.15) is 5.01 Å². The Morgan fingerprint density at radius 3 is 2.68 bits per heavy atom. The number of carbonyl (C=O) groups is 1. The molecule has 1 atom stereocenters. The van der Waals surface area contributed by atoms with Crippen LogP contribution in [-0.4, -0.2) is 28.9 Å². The fourth-order valence-electron chi connectivity index (χ4n) is 4.23. The lowest BCUT2D eigenvalue weighted by molar-refractivity contribution is -0.118. The molecule has 4 nitrogen and oxygen atoms in total. The van der Waals surface area contributed by atoms with E-state index in [1.165, 1.54) is 16.7 Å². The van der Waals surface area contributed by atoms with Crippen LogP contribution in [0.5, 0.6) is 0 Å². The minimum absolute atomic E-state index is 0.0584. The van der Waals surface area contributed by atoms with Gasteiger partial charge in [0.05, 0.1) is 22.8 Å². The van der Waals surface area contributed by atoms with Crippen LogP contribution in [0.1, 0.15) is 47.0 Å². The van der Waals surface area contributed by atoms with Crippen molar-refractivity contribution in [2.24, 2.45) is 0 Å². The number of hydrogen-bond acceptors (Lipinski definition) is 4. The Bertz CT molecular complexity index is 954. The third kappa shape index (κ3) is 3.96. The van der Waals surface area contributed by atoms with Crippen LogP contribution in [0.2, 0.25) is 0 Å². The SMILES string of the molecule is Cc1cc(C)c(NC(=O)CN2CCCC[C@H]2c2nc3ccccc3s2)c(C)c1. The monoisotopic (exact) mass is 393 g/mol. The number of para-hydroxylation sites is 1. The van der Waals surface area contributed by atoms with E-state index in [2.05, 4.69) is 61.3 Å². The fourth-order valence-corrected chi connectivity index (χ4v) is 5.37. The predicted molar refractivity (Wildman–Crippen MR) is 117 cm³/mol. The first-order valence-corrected chi connectivity index (χ1v) is 10.8. The van der Waals surface area contributed by atoms with Crippen molar-refractivity contribution in [2.75, 3.05) is 18.4 Å². The molecule has 146 valence electrons. The summed E-state index contributed by atoms with van der Waals surface area (Å²) in [7, 11) is 0. The van der Waals surface area contributed by atoms with E-state index in [-0.39, 0.29) is 11.9 Å². The summed E-state index contributed by atoms with van der Waals surface area (Å²) in [4.78, 5) is 20.0. The smallest absolute Gasteiger partial charge is 0.238 e. The lowest BCUT2D eigenvalue weighted by atomic mass is 10.0. The number of likely N-dealkylation sites (tertiary alicyclic amines) is 1. The van der Waals surface area contributed by atoms with Gasteiger partial charge in [0.15, 0.2) is 0 Å². The van der Waals surface area contributed by atoms with E-state index < -0.39 is 0 Å². The third-order valence-electron chi connectivity index (χ3n) is 5.50. The van der Waals surface area contributed by atoms with Gasteiger partial charge in [0, 0.05) is 5.69 Å². The second kappa shape index (κ2) is 8.02. The van der Waals surface area contributed by atoms with Crippen LogP contribution in [-0.2, 0) is 4.79 Å². The molecule has 2 aromatic carbocycles. The molecule has 1 aromatic heterocycles. The molecule has 1 saturated heterocycles. The number of aromatic nitrogens is 1. The number of nitrogens with zero attached hydrogens (tertiary/aromatic N) is 2. The highest BCUT2D eigenvalue weighted by molar-refractivity contribution is 7.18. The number of carbonyl (C=O) groups excluding carboxylic acids is 1. The number of fused-ring (bicyclic) bond motifs is 1. The molecule has 5 heteroatoms. The van der Waals surface area contributed by atoms with E-state index in [0.717, 1.165) is 46.7 Å². The zero-order valence-corrected chi connectivity index (χ0v) is 17.6. The van der Waals surface area contributed by atoms with Gasteiger partial charge in [-0.2, -0.15) is 0 Å². The normalized spacial score (nSPS) is 17.8. The molecule has 0 unspecified atom stereocenters. The number of nitrogens with one attached hydrogen (secondary N) is 1. The molecule has 0 saturated carbocycles. The van der Waals surface area contributed by atoms with Crippen LogP contribution in [0.3, 0.4) is 0 Å². The fraction of sp³-hybridized carbons (Fsp3) is 0.391. The number of thiazole rings is 1. The van der Waals surface area contributed by atoms with E-state index >= 15 is 0 Å². The third-order valence-corrected chi connectivity index (χ3v) is 6.63. The topological polar surface area (TPSA) is 45.2 Å². The highest BCUT2D eigenvalue weighted by Gasteiger charge is 2.28. The van der Waals surface area contributed by atoms with Gasteiger partial charge in [-0.25, -0.2) is 4.98 Å². The maximum absolute atomic E-state index is 12.8. The maximum Gasteiger partial charge on any atom is 0.238 e. The Morgan fingerprint density at radius 1 is 1.18 bits per heavy atom. The van der Waals surface area contributed by atoms with Crippen molar-refractivity contribution in [1.29, 1.82) is 0 Å². The second-order valence-corrected chi connectivity index (χ2v) is 8.89. The molecule has 0 bridgehead atoms. The summed E-state index contributed by atoms with van der Waals surface area (Å²) < 4.78 is 1.22. The van der Waals surface area contributed by atoms with Gasteiger partial charge in [-0.3, -0.25) is 9.69 Å². The van der Waals surface area contributed by atoms with Gasteiger partial charge in [-0.15, -0.1) is 11.3 Å². The van der Waals surface area contributed by atoms with Gasteiger partial charge in [0.2, 0.25) is 5.91 Å². The number of aryl methyl sites for hydroxylation is 3. The number of anilines is 1. The first kappa shape index (κ1) is 19.1. The Labute approximate surface area is 170 Å². The molecule has 2 heterocycles. The molecule has 1 N–H and O–H groups in total. The number of hydrogen-bond donors (Lipinski definition) is 1. The lowest BCUT2D eigenvalue weighted by Crippen LogP contribution is -2.39. The molecule has 0 aliphatic carbocycles. The summed E-state index contributed by atoms with van der Waals surface area (Å²) in [5.41, 5.74) is 5.46. The quantitative estimate of drug-likeness (QED) is 0.647. The molecule has 1 fully saturated rings. The molecule has 28 heavy (non-hydrogen) atoms. The van der Waals surface area contributed by atoms with E-state index in [0.29, 0.717) is 6.54 Å². The lowest BCUT2D eigenvalue weighted by Gasteiger charge is -2.33. The molecular formula is C23H27N3OS. The van der Waals surface area contributed by atoms with Crippen LogP contribution >= 0.6 is 11.3 Å². The molecule has 0 radical (unpaired) electrons. The van der Waals surface area contributed by atoms with Gasteiger partial charge >= 0.3 is 0 Å². The van der Waals surface area contributed by atoms with Crippen molar-refractivity contribution in [2.45, 2.75) is 46.1 Å². The Balaban J connectivity index is 1.51. The number of amides is 1. The number of rotatable bonds is 4. The highest BCUT2D eigenvalue weighted by Crippen LogP contribution is 2.35. The number of piperidine rings is 1. The van der Waals surface area contributed by atoms with Gasteiger partial charge in [-0.05, 0) is 63.4 Å². The molecule has 3 aromatic rings. The average molecular weight is 394 g/mol. The molecule has 1 amide bonds. The van der Waals surface area contributed by atoms with E-state index in [1.807, 2.05) is 6.07 Å². The molecule has 0 spiro atoms. The Hall–Kier alpha value is -2.24. The van der Waals surface area contributed by atoms with Crippen LogP contribution in [0.15, 0.2) is 36.4 Å². The Morgan fingerprint density at radius 2 is 1.93 bits per heavy atom. The molecule has 4 rings (SSSR count). The summed E-state index contributed by atoms with van der Waals surface area (Å²) >= 11 is 1.76. The molecule has 1 aliphatic rings. The van der Waals surface area contributed by atoms with Gasteiger partial charge in [-0.1, -0.05) is 36.2 Å². The minimum atomic E-state index is 0.0584. The zero-order chi connectivity index (χ0) is 19.7. The first-order valence-electron chi connectivity index (χ1n) is 9.98. The second-order valence-electron chi connectivity index (χ2n) is 7.82. The van der Waals surface area contributed by atoms with Gasteiger partial charge < -0.3 is 5.32 Å². The van der Waals surface area contributed by atoms with Gasteiger partial charge in [0.25, 0.3) is 0 Å². The average Bonchev–Trinajstić information content (AvgIpc) is 3.09. The van der Waals surface area contributed by atoms with Crippen molar-refractivity contribution in [1.82, 2.24) is 9.88 Å². The van der Waals surface area contributed by atoms with E-state index in [9.17, 15) is 4.79 Å². The molecular weight excluding hydrogens is 366 g/mol. The summed E-state index contributed by atoms with van der Waals surface area (Å²) in [6, 6.07) is 12.8. The van der Waals surface area contributed by atoms with Crippen molar-refractivity contribution in [3.63, 3.8) is 0 Å². The summed E-state index contributed by atoms with van der Waals surface area (Å²) in [6.07, 6.45) is 3.39. The van der Waals surface area contributed by atoms with Crippen LogP contribution in [0, 0.1) is 20.8 Å². The van der Waals surface area contributed by atoms with Crippen molar-refractivity contribution >= 4 is 33.1 Å². The zero-order valence-electron chi connectivity index (χ0n) is 16.8. The predicted octanol–water partition coefficient (Wildman–Crippen LogP) is 5.39. The largest absolute Gasteiger partial charge is 0.324 e. The Kier molecular flexibility index (Phi) is 5.47. The van der Waals surface area contributed by atoms with Crippen LogP contribution in [0.4, 0.5) is 5.69 Å². The summed E-state index contributed by atoms with van der Waals surface area (Å²) in [5, 5.41) is 4.29. The number of benzene rings is 2. The van der Waals surface area contributed by atoms with Crippen molar-refractivity contribution < 1.29 is 4.79 Å². The molecule has 1 aliphatic heterocycles. The summed E-state index contributed by atoms with van der Waals surface area (Å²) in [5.74, 6) is 0.0584. The maximum atomic E-state index is 12.8. The summed E-state index contributed by atoms with van der Waals surface area (Å²) in [6.45, 7) is 7.55. The van der Waals surface area contributed by atoms with E-state index in [1.54, 1.807) is 11.3 Å². The van der Waals surface area contributed by atoms with Crippen LogP contribution in [0.25, 0.3) is 10.2 Å². The van der Waals surface area contributed by atoms with E-state index in [4.69, 9.17) is 4.98 Å².